The Bertz CT molecular complexity index is 1350. The lowest BCUT2D eigenvalue weighted by Crippen LogP contribution is -2.22. The van der Waals surface area contributed by atoms with E-state index in [9.17, 15) is 19.7 Å². The monoisotopic (exact) mass is 500 g/mol. The predicted molar refractivity (Wildman–Crippen MR) is 128 cm³/mol. The summed E-state index contributed by atoms with van der Waals surface area (Å²) in [5, 5.41) is 18.5. The third-order valence-corrected chi connectivity index (χ3v) is 5.87. The highest BCUT2D eigenvalue weighted by Gasteiger charge is 2.28. The molecule has 1 aliphatic rings. The van der Waals surface area contributed by atoms with Crippen molar-refractivity contribution < 1.29 is 18.9 Å². The summed E-state index contributed by atoms with van der Waals surface area (Å²) in [5.74, 6) is -0.292. The van der Waals surface area contributed by atoms with Crippen molar-refractivity contribution in [1.82, 2.24) is 5.43 Å². The van der Waals surface area contributed by atoms with E-state index in [4.69, 9.17) is 27.6 Å². The van der Waals surface area contributed by atoms with Crippen LogP contribution in [0.25, 0.3) is 0 Å². The SMILES string of the molecule is Cc1c(C(=O)Nc2cccc(Cl)c2)oc2c1/C(=N/NC(=O)c1ccc(Cl)c([N+](=O)[O-])c1)CCC2. The van der Waals surface area contributed by atoms with Crippen LogP contribution < -0.4 is 10.7 Å². The van der Waals surface area contributed by atoms with Crippen LogP contribution in [0, 0.1) is 17.0 Å². The Morgan fingerprint density at radius 1 is 1.12 bits per heavy atom. The third-order valence-electron chi connectivity index (χ3n) is 5.31. The van der Waals surface area contributed by atoms with Gasteiger partial charge in [-0.05, 0) is 50.1 Å². The van der Waals surface area contributed by atoms with Gasteiger partial charge in [0.1, 0.15) is 10.8 Å². The fourth-order valence-corrected chi connectivity index (χ4v) is 4.10. The molecule has 0 fully saturated rings. The Balaban J connectivity index is 1.57. The van der Waals surface area contributed by atoms with E-state index in [1.165, 1.54) is 12.1 Å². The van der Waals surface area contributed by atoms with E-state index in [1.807, 2.05) is 0 Å². The summed E-state index contributed by atoms with van der Waals surface area (Å²) in [6.07, 6.45) is 1.90. The number of hydrogen-bond donors (Lipinski definition) is 2. The van der Waals surface area contributed by atoms with Gasteiger partial charge in [0, 0.05) is 39.9 Å². The number of anilines is 1. The zero-order valence-electron chi connectivity index (χ0n) is 17.9. The second-order valence-corrected chi connectivity index (χ2v) is 8.44. The van der Waals surface area contributed by atoms with Gasteiger partial charge in [0.2, 0.25) is 0 Å². The van der Waals surface area contributed by atoms with E-state index < -0.39 is 16.7 Å². The molecular formula is C23H18Cl2N4O5. The number of nitro benzene ring substituents is 1. The van der Waals surface area contributed by atoms with Gasteiger partial charge < -0.3 is 9.73 Å². The molecule has 0 spiro atoms. The minimum absolute atomic E-state index is 0.0435. The smallest absolute Gasteiger partial charge is 0.291 e. The minimum atomic E-state index is -0.663. The van der Waals surface area contributed by atoms with Crippen LogP contribution in [0.4, 0.5) is 11.4 Å². The molecule has 11 heteroatoms. The van der Waals surface area contributed by atoms with Gasteiger partial charge in [0.25, 0.3) is 17.5 Å². The predicted octanol–water partition coefficient (Wildman–Crippen LogP) is 5.53. The molecule has 1 heterocycles. The highest BCUT2D eigenvalue weighted by molar-refractivity contribution is 6.32. The maximum absolute atomic E-state index is 12.8. The first-order valence-corrected chi connectivity index (χ1v) is 11.0. The molecule has 4 rings (SSSR count). The van der Waals surface area contributed by atoms with E-state index in [0.29, 0.717) is 46.2 Å². The lowest BCUT2D eigenvalue weighted by atomic mass is 9.93. The Hall–Kier alpha value is -3.69. The number of carbonyl (C=O) groups is 2. The number of furan rings is 1. The number of halogens is 2. The van der Waals surface area contributed by atoms with Gasteiger partial charge in [0.15, 0.2) is 5.76 Å². The zero-order chi connectivity index (χ0) is 24.4. The molecule has 0 radical (unpaired) electrons. The molecule has 1 aromatic heterocycles. The second kappa shape index (κ2) is 9.66. The van der Waals surface area contributed by atoms with E-state index in [2.05, 4.69) is 15.8 Å². The quantitative estimate of drug-likeness (QED) is 0.351. The maximum Gasteiger partial charge on any atom is 0.291 e. The van der Waals surface area contributed by atoms with Crippen molar-refractivity contribution in [2.75, 3.05) is 5.32 Å². The van der Waals surface area contributed by atoms with Gasteiger partial charge in [-0.1, -0.05) is 29.3 Å². The summed E-state index contributed by atoms with van der Waals surface area (Å²) in [6.45, 7) is 1.75. The molecule has 174 valence electrons. The molecule has 0 saturated carbocycles. The highest BCUT2D eigenvalue weighted by Crippen LogP contribution is 2.31. The summed E-state index contributed by atoms with van der Waals surface area (Å²) in [4.78, 5) is 35.8. The first-order chi connectivity index (χ1) is 16.2. The number of fused-ring (bicyclic) bond motifs is 1. The topological polar surface area (TPSA) is 127 Å². The standard InChI is InChI=1S/C23H18Cl2N4O5/c1-12-20-17(27-28-22(30)13-8-9-16(25)18(10-13)29(32)33)6-3-7-19(20)34-21(12)23(31)26-15-5-2-4-14(24)11-15/h2,4-5,8-11H,3,6-7H2,1H3,(H,26,31)(H,28,30)/b27-17+. The minimum Gasteiger partial charge on any atom is -0.455 e. The highest BCUT2D eigenvalue weighted by atomic mass is 35.5. The van der Waals surface area contributed by atoms with Crippen molar-refractivity contribution in [1.29, 1.82) is 0 Å². The lowest BCUT2D eigenvalue weighted by Gasteiger charge is -2.13. The van der Waals surface area contributed by atoms with Gasteiger partial charge in [-0.15, -0.1) is 0 Å². The van der Waals surface area contributed by atoms with Gasteiger partial charge >= 0.3 is 0 Å². The Kier molecular flexibility index (Phi) is 6.67. The zero-order valence-corrected chi connectivity index (χ0v) is 19.4. The Labute approximate surface area is 203 Å². The number of hydrazone groups is 1. The maximum atomic E-state index is 12.8. The largest absolute Gasteiger partial charge is 0.455 e. The van der Waals surface area contributed by atoms with Crippen LogP contribution in [0.1, 0.15) is 50.6 Å². The first kappa shape index (κ1) is 23.5. The molecule has 2 N–H and O–H groups in total. The van der Waals surface area contributed by atoms with Crippen LogP contribution in [-0.2, 0) is 6.42 Å². The molecule has 34 heavy (non-hydrogen) atoms. The molecule has 0 bridgehead atoms. The van der Waals surface area contributed by atoms with Crippen molar-refractivity contribution in [3.05, 3.63) is 90.8 Å². The van der Waals surface area contributed by atoms with E-state index >= 15 is 0 Å². The molecule has 2 aromatic carbocycles. The Morgan fingerprint density at radius 2 is 1.91 bits per heavy atom. The molecule has 0 unspecified atom stereocenters. The number of hydrogen-bond acceptors (Lipinski definition) is 6. The number of aryl methyl sites for hydroxylation is 1. The molecule has 3 aromatic rings. The summed E-state index contributed by atoms with van der Waals surface area (Å²) >= 11 is 11.8. The van der Waals surface area contributed by atoms with E-state index in [1.54, 1.807) is 31.2 Å². The number of amides is 2. The lowest BCUT2D eigenvalue weighted by molar-refractivity contribution is -0.384. The molecular weight excluding hydrogens is 483 g/mol. The summed E-state index contributed by atoms with van der Waals surface area (Å²) in [5.41, 5.74) is 4.47. The van der Waals surface area contributed by atoms with Crippen LogP contribution in [0.5, 0.6) is 0 Å². The number of nitro groups is 1. The molecule has 0 atom stereocenters. The van der Waals surface area contributed by atoms with E-state index in [-0.39, 0.29) is 22.0 Å². The number of carbonyl (C=O) groups excluding carboxylic acids is 2. The third kappa shape index (κ3) is 4.80. The van der Waals surface area contributed by atoms with Crippen LogP contribution in [0.15, 0.2) is 52.0 Å². The average Bonchev–Trinajstić information content (AvgIpc) is 3.15. The molecule has 1 aliphatic carbocycles. The molecule has 0 aliphatic heterocycles. The first-order valence-electron chi connectivity index (χ1n) is 10.2. The number of nitrogens with one attached hydrogen (secondary N) is 2. The van der Waals surface area contributed by atoms with Crippen molar-refractivity contribution in [2.24, 2.45) is 5.10 Å². The number of benzene rings is 2. The van der Waals surface area contributed by atoms with Gasteiger partial charge in [0.05, 0.1) is 10.6 Å². The number of rotatable bonds is 5. The average molecular weight is 501 g/mol. The van der Waals surface area contributed by atoms with Gasteiger partial charge in [-0.3, -0.25) is 19.7 Å². The summed E-state index contributed by atoms with van der Waals surface area (Å²) < 4.78 is 5.85. The second-order valence-electron chi connectivity index (χ2n) is 7.60. The molecule has 0 saturated heterocycles. The van der Waals surface area contributed by atoms with Crippen LogP contribution in [0.2, 0.25) is 10.0 Å². The van der Waals surface area contributed by atoms with Crippen LogP contribution in [-0.4, -0.2) is 22.4 Å². The Morgan fingerprint density at radius 3 is 2.65 bits per heavy atom. The fraction of sp³-hybridized carbons (Fsp3) is 0.174. The van der Waals surface area contributed by atoms with Gasteiger partial charge in [-0.2, -0.15) is 5.10 Å². The molecule has 2 amide bonds. The normalized spacial score (nSPS) is 13.9. The van der Waals surface area contributed by atoms with E-state index in [0.717, 1.165) is 12.5 Å². The van der Waals surface area contributed by atoms with Crippen molar-refractivity contribution in [3.8, 4) is 0 Å². The van der Waals surface area contributed by atoms with Crippen LogP contribution >= 0.6 is 23.2 Å². The van der Waals surface area contributed by atoms with Crippen LogP contribution in [0.3, 0.4) is 0 Å². The van der Waals surface area contributed by atoms with Crippen molar-refractivity contribution in [2.45, 2.75) is 26.2 Å². The summed E-state index contributed by atoms with van der Waals surface area (Å²) in [6, 6.07) is 10.5. The number of nitrogens with zero attached hydrogens (tertiary/aromatic N) is 2. The fourth-order valence-electron chi connectivity index (χ4n) is 3.73. The van der Waals surface area contributed by atoms with Crippen molar-refractivity contribution >= 4 is 52.1 Å². The summed E-state index contributed by atoms with van der Waals surface area (Å²) in [7, 11) is 0. The molecule has 9 nitrogen and oxygen atoms in total. The van der Waals surface area contributed by atoms with Crippen molar-refractivity contribution in [3.63, 3.8) is 0 Å². The van der Waals surface area contributed by atoms with Gasteiger partial charge in [-0.25, -0.2) is 5.43 Å².